The molecule has 1 aliphatic rings. The molecule has 0 spiro atoms. The summed E-state index contributed by atoms with van der Waals surface area (Å²) in [5.74, 6) is 0.659. The van der Waals surface area contributed by atoms with Gasteiger partial charge in [-0.25, -0.2) is 0 Å². The molecule has 1 aliphatic heterocycles. The lowest BCUT2D eigenvalue weighted by Crippen LogP contribution is -2.42. The largest absolute Gasteiger partial charge is 0.361 e. The van der Waals surface area contributed by atoms with E-state index in [1.807, 2.05) is 4.90 Å². The third-order valence-electron chi connectivity index (χ3n) is 3.05. The summed E-state index contributed by atoms with van der Waals surface area (Å²) in [4.78, 5) is 14.2. The van der Waals surface area contributed by atoms with Crippen LogP contribution in [0, 0.1) is 6.92 Å². The highest BCUT2D eigenvalue weighted by molar-refractivity contribution is 5.92. The van der Waals surface area contributed by atoms with Gasteiger partial charge in [0.05, 0.1) is 0 Å². The van der Waals surface area contributed by atoms with Gasteiger partial charge in [-0.3, -0.25) is 4.79 Å². The van der Waals surface area contributed by atoms with Crippen molar-refractivity contribution in [1.82, 2.24) is 15.4 Å². The normalized spacial score (nSPS) is 18.4. The highest BCUT2D eigenvalue weighted by Gasteiger charge is 2.28. The Kier molecular flexibility index (Phi) is 5.62. The molecule has 0 aromatic carbocycles. The van der Waals surface area contributed by atoms with E-state index in [9.17, 15) is 4.79 Å². The summed E-state index contributed by atoms with van der Waals surface area (Å²) >= 11 is 0. The van der Waals surface area contributed by atoms with Gasteiger partial charge in [-0.1, -0.05) is 12.1 Å². The minimum atomic E-state index is -0.0163. The van der Waals surface area contributed by atoms with Crippen LogP contribution < -0.4 is 5.32 Å². The Hall–Kier alpha value is -1.07. The molecule has 102 valence electrons. The molecule has 1 atom stereocenters. The van der Waals surface area contributed by atoms with Crippen molar-refractivity contribution < 1.29 is 9.32 Å². The molecule has 2 rings (SSSR count). The number of aromatic nitrogens is 1. The number of nitrogens with zero attached hydrogens (tertiary/aromatic N) is 2. The van der Waals surface area contributed by atoms with Crippen LogP contribution in [-0.4, -0.2) is 41.6 Å². The number of rotatable bonds is 4. The molecule has 18 heavy (non-hydrogen) atoms. The number of amides is 1. The van der Waals surface area contributed by atoms with Gasteiger partial charge in [0.15, 0.2) is 5.69 Å². The molecule has 0 aliphatic carbocycles. The van der Waals surface area contributed by atoms with E-state index >= 15 is 0 Å². The minimum absolute atomic E-state index is 0. The molecule has 6 heteroatoms. The van der Waals surface area contributed by atoms with E-state index in [4.69, 9.17) is 4.52 Å². The van der Waals surface area contributed by atoms with Gasteiger partial charge in [0.25, 0.3) is 5.91 Å². The summed E-state index contributed by atoms with van der Waals surface area (Å²) in [6, 6.07) is 1.99. The number of hydrogen-bond donors (Lipinski definition) is 1. The molecule has 1 amide bonds. The zero-order chi connectivity index (χ0) is 12.3. The molecule has 1 aromatic rings. The lowest BCUT2D eigenvalue weighted by atomic mass is 10.2. The molecular formula is C12H20ClN3O2. The lowest BCUT2D eigenvalue weighted by Gasteiger charge is -2.27. The quantitative estimate of drug-likeness (QED) is 0.906. The van der Waals surface area contributed by atoms with Gasteiger partial charge in [0, 0.05) is 25.2 Å². The van der Waals surface area contributed by atoms with Crippen molar-refractivity contribution in [3.63, 3.8) is 0 Å². The van der Waals surface area contributed by atoms with Crippen molar-refractivity contribution in [2.45, 2.75) is 32.7 Å². The third-order valence-corrected chi connectivity index (χ3v) is 3.05. The van der Waals surface area contributed by atoms with Gasteiger partial charge < -0.3 is 14.7 Å². The van der Waals surface area contributed by atoms with Crippen LogP contribution >= 0.6 is 12.4 Å². The smallest absolute Gasteiger partial charge is 0.276 e. The predicted molar refractivity (Wildman–Crippen MR) is 71.1 cm³/mol. The Morgan fingerprint density at radius 2 is 2.44 bits per heavy atom. The van der Waals surface area contributed by atoms with E-state index in [1.165, 1.54) is 0 Å². The zero-order valence-electron chi connectivity index (χ0n) is 10.8. The van der Waals surface area contributed by atoms with Crippen molar-refractivity contribution in [3.8, 4) is 0 Å². The van der Waals surface area contributed by atoms with E-state index in [0.29, 0.717) is 17.5 Å². The van der Waals surface area contributed by atoms with Crippen LogP contribution in [0.1, 0.15) is 36.0 Å². The second kappa shape index (κ2) is 6.75. The van der Waals surface area contributed by atoms with Crippen molar-refractivity contribution in [2.75, 3.05) is 19.6 Å². The molecule has 5 nitrogen and oxygen atoms in total. The van der Waals surface area contributed by atoms with E-state index < -0.39 is 0 Å². The third kappa shape index (κ3) is 3.23. The van der Waals surface area contributed by atoms with Gasteiger partial charge in [0.1, 0.15) is 5.76 Å². The van der Waals surface area contributed by atoms with Gasteiger partial charge in [-0.05, 0) is 26.3 Å². The highest BCUT2D eigenvalue weighted by atomic mass is 35.5. The average Bonchev–Trinajstić information content (AvgIpc) is 2.95. The Morgan fingerprint density at radius 3 is 2.94 bits per heavy atom. The maximum Gasteiger partial charge on any atom is 0.276 e. The van der Waals surface area contributed by atoms with Crippen LogP contribution in [0.4, 0.5) is 0 Å². The summed E-state index contributed by atoms with van der Waals surface area (Å²) < 4.78 is 4.96. The molecule has 2 heterocycles. The second-order valence-corrected chi connectivity index (χ2v) is 4.47. The summed E-state index contributed by atoms with van der Waals surface area (Å²) in [6.45, 7) is 6.51. The summed E-state index contributed by atoms with van der Waals surface area (Å²) in [5.41, 5.74) is 0.419. The number of hydrogen-bond acceptors (Lipinski definition) is 4. The SMILES string of the molecule is CCCN(C(=O)c1cc(C)on1)C1CCNC1.Cl. The lowest BCUT2D eigenvalue weighted by molar-refractivity contribution is 0.0681. The summed E-state index contributed by atoms with van der Waals surface area (Å²) in [5, 5.41) is 7.09. The van der Waals surface area contributed by atoms with Crippen molar-refractivity contribution >= 4 is 18.3 Å². The first-order valence-corrected chi connectivity index (χ1v) is 6.17. The highest BCUT2D eigenvalue weighted by Crippen LogP contribution is 2.14. The number of halogens is 1. The molecule has 0 saturated carbocycles. The molecule has 1 unspecified atom stereocenters. The van der Waals surface area contributed by atoms with Crippen LogP contribution in [0.15, 0.2) is 10.6 Å². The van der Waals surface area contributed by atoms with Gasteiger partial charge in [-0.2, -0.15) is 0 Å². The zero-order valence-corrected chi connectivity index (χ0v) is 11.6. The molecular weight excluding hydrogens is 254 g/mol. The molecule has 1 fully saturated rings. The van der Waals surface area contributed by atoms with E-state index in [2.05, 4.69) is 17.4 Å². The number of nitrogens with one attached hydrogen (secondary N) is 1. The maximum atomic E-state index is 12.3. The first-order chi connectivity index (χ1) is 8.22. The first kappa shape index (κ1) is 15.0. The fraction of sp³-hybridized carbons (Fsp3) is 0.667. The van der Waals surface area contributed by atoms with Gasteiger partial charge in [-0.15, -0.1) is 12.4 Å². The summed E-state index contributed by atoms with van der Waals surface area (Å²) in [7, 11) is 0. The molecule has 1 saturated heterocycles. The van der Waals surface area contributed by atoms with Crippen LogP contribution in [0.3, 0.4) is 0 Å². The molecule has 1 N–H and O–H groups in total. The minimum Gasteiger partial charge on any atom is -0.361 e. The predicted octanol–water partition coefficient (Wildman–Crippen LogP) is 1.62. The topological polar surface area (TPSA) is 58.4 Å². The fourth-order valence-electron chi connectivity index (χ4n) is 2.21. The van der Waals surface area contributed by atoms with Gasteiger partial charge in [0.2, 0.25) is 0 Å². The standard InChI is InChI=1S/C12H19N3O2.ClH/c1-3-6-15(10-4-5-13-8-10)12(16)11-7-9(2)17-14-11;/h7,10,13H,3-6,8H2,1-2H3;1H. The Labute approximate surface area is 113 Å². The van der Waals surface area contributed by atoms with Crippen molar-refractivity contribution in [2.24, 2.45) is 0 Å². The van der Waals surface area contributed by atoms with Crippen molar-refractivity contribution in [1.29, 1.82) is 0 Å². The fourth-order valence-corrected chi connectivity index (χ4v) is 2.21. The van der Waals surface area contributed by atoms with E-state index in [1.54, 1.807) is 13.0 Å². The molecule has 0 radical (unpaired) electrons. The second-order valence-electron chi connectivity index (χ2n) is 4.47. The molecule has 0 bridgehead atoms. The Morgan fingerprint density at radius 1 is 1.67 bits per heavy atom. The number of aryl methyl sites for hydroxylation is 1. The average molecular weight is 274 g/mol. The Balaban J connectivity index is 0.00000162. The van der Waals surface area contributed by atoms with Crippen molar-refractivity contribution in [3.05, 3.63) is 17.5 Å². The summed E-state index contributed by atoms with van der Waals surface area (Å²) in [6.07, 6.45) is 1.97. The van der Waals surface area contributed by atoms with E-state index in [-0.39, 0.29) is 18.3 Å². The van der Waals surface area contributed by atoms with E-state index in [0.717, 1.165) is 32.5 Å². The maximum absolute atomic E-state index is 12.3. The first-order valence-electron chi connectivity index (χ1n) is 6.17. The van der Waals surface area contributed by atoms with Crippen LogP contribution in [0.5, 0.6) is 0 Å². The Bertz CT molecular complexity index is 388. The van der Waals surface area contributed by atoms with Crippen LogP contribution in [0.2, 0.25) is 0 Å². The number of carbonyl (C=O) groups is 1. The monoisotopic (exact) mass is 273 g/mol. The van der Waals surface area contributed by atoms with Gasteiger partial charge >= 0.3 is 0 Å². The number of carbonyl (C=O) groups excluding carboxylic acids is 1. The molecule has 1 aromatic heterocycles. The van der Waals surface area contributed by atoms with Crippen LogP contribution in [-0.2, 0) is 0 Å². The van der Waals surface area contributed by atoms with Crippen LogP contribution in [0.25, 0.3) is 0 Å².